The number of hydrogen-bond donors (Lipinski definition) is 2. The molecule has 0 fully saturated rings. The van der Waals surface area contributed by atoms with Crippen LogP contribution in [-0.4, -0.2) is 11.8 Å². The number of aromatic nitrogens is 1. The summed E-state index contributed by atoms with van der Waals surface area (Å²) in [7, 11) is 0. The van der Waals surface area contributed by atoms with Gasteiger partial charge in [-0.15, -0.1) is 11.3 Å². The van der Waals surface area contributed by atoms with Crippen molar-refractivity contribution in [3.63, 3.8) is 0 Å². The van der Waals surface area contributed by atoms with Crippen molar-refractivity contribution in [1.29, 1.82) is 0 Å². The molecule has 0 saturated heterocycles. The molecule has 21 heavy (non-hydrogen) atoms. The Morgan fingerprint density at radius 3 is 2.95 bits per heavy atom. The summed E-state index contributed by atoms with van der Waals surface area (Å²) in [6.07, 6.45) is 0. The zero-order valence-corrected chi connectivity index (χ0v) is 12.2. The lowest BCUT2D eigenvalue weighted by atomic mass is 10.2. The highest BCUT2D eigenvalue weighted by molar-refractivity contribution is 7.18. The van der Waals surface area contributed by atoms with E-state index in [-0.39, 0.29) is 6.79 Å². The van der Waals surface area contributed by atoms with Gasteiger partial charge in [-0.2, -0.15) is 0 Å². The van der Waals surface area contributed by atoms with Gasteiger partial charge >= 0.3 is 0 Å². The first-order chi connectivity index (χ1) is 10.2. The van der Waals surface area contributed by atoms with Gasteiger partial charge in [0.25, 0.3) is 0 Å². The quantitative estimate of drug-likeness (QED) is 0.707. The molecule has 0 atom stereocenters. The molecule has 0 unspecified atom stereocenters. The van der Waals surface area contributed by atoms with Crippen LogP contribution in [-0.2, 0) is 0 Å². The summed E-state index contributed by atoms with van der Waals surface area (Å²) in [6, 6.07) is 9.64. The van der Waals surface area contributed by atoms with E-state index in [4.69, 9.17) is 15.2 Å². The summed E-state index contributed by atoms with van der Waals surface area (Å²) in [5.74, 6) is 1.50. The van der Waals surface area contributed by atoms with Gasteiger partial charge in [-0.1, -0.05) is 0 Å². The minimum atomic E-state index is 0.269. The molecule has 3 aromatic rings. The van der Waals surface area contributed by atoms with E-state index in [1.54, 1.807) is 11.3 Å². The summed E-state index contributed by atoms with van der Waals surface area (Å²) >= 11 is 1.64. The number of aryl methyl sites for hydroxylation is 1. The van der Waals surface area contributed by atoms with Gasteiger partial charge in [0.15, 0.2) is 11.5 Å². The fraction of sp³-hybridized carbons (Fsp3) is 0.133. The van der Waals surface area contributed by atoms with Gasteiger partial charge in [-0.25, -0.2) is 4.98 Å². The molecule has 4 rings (SSSR count). The van der Waals surface area contributed by atoms with Gasteiger partial charge in [0.1, 0.15) is 0 Å². The number of nitrogens with one attached hydrogen (secondary N) is 1. The lowest BCUT2D eigenvalue weighted by Gasteiger charge is -2.10. The molecule has 3 N–H and O–H groups in total. The maximum atomic E-state index is 6.12. The number of anilines is 3. The molecule has 0 bridgehead atoms. The highest BCUT2D eigenvalue weighted by atomic mass is 32.1. The molecule has 0 aliphatic carbocycles. The fourth-order valence-corrected chi connectivity index (χ4v) is 3.20. The second kappa shape index (κ2) is 4.53. The molecule has 106 valence electrons. The number of nitrogen functional groups attached to an aromatic ring is 1. The molecule has 1 aromatic heterocycles. The Morgan fingerprint density at radius 1 is 1.19 bits per heavy atom. The molecular formula is C15H13N3O2S. The molecule has 1 aliphatic heterocycles. The van der Waals surface area contributed by atoms with Crippen LogP contribution in [0.5, 0.6) is 11.5 Å². The van der Waals surface area contributed by atoms with Gasteiger partial charge < -0.3 is 20.5 Å². The Kier molecular flexibility index (Phi) is 2.65. The van der Waals surface area contributed by atoms with Crippen molar-refractivity contribution in [2.45, 2.75) is 6.92 Å². The summed E-state index contributed by atoms with van der Waals surface area (Å²) in [4.78, 5) is 4.49. The van der Waals surface area contributed by atoms with Gasteiger partial charge in [-0.05, 0) is 31.2 Å². The fourth-order valence-electron chi connectivity index (χ4n) is 2.34. The van der Waals surface area contributed by atoms with Crippen LogP contribution in [0.3, 0.4) is 0 Å². The first-order valence-corrected chi connectivity index (χ1v) is 7.34. The van der Waals surface area contributed by atoms with Gasteiger partial charge in [0, 0.05) is 11.8 Å². The number of rotatable bonds is 2. The molecule has 2 aromatic carbocycles. The summed E-state index contributed by atoms with van der Waals surface area (Å²) in [5.41, 5.74) is 9.51. The topological polar surface area (TPSA) is 69.4 Å². The Labute approximate surface area is 125 Å². The standard InChI is InChI=1S/C15H13N3O2S/c1-8-17-12-6-11(10(16)5-15(12)21-8)18-9-2-3-13-14(4-9)20-7-19-13/h2-6,18H,7,16H2,1H3. The number of benzene rings is 2. The van der Waals surface area contributed by atoms with E-state index in [9.17, 15) is 0 Å². The van der Waals surface area contributed by atoms with Crippen molar-refractivity contribution in [3.05, 3.63) is 35.3 Å². The second-order valence-corrected chi connectivity index (χ2v) is 6.07. The summed E-state index contributed by atoms with van der Waals surface area (Å²) in [5, 5.41) is 4.34. The monoisotopic (exact) mass is 299 g/mol. The molecule has 0 amide bonds. The zero-order chi connectivity index (χ0) is 14.4. The third-order valence-electron chi connectivity index (χ3n) is 3.32. The maximum Gasteiger partial charge on any atom is 0.231 e. The summed E-state index contributed by atoms with van der Waals surface area (Å²) < 4.78 is 11.8. The molecule has 1 aliphatic rings. The summed E-state index contributed by atoms with van der Waals surface area (Å²) in [6.45, 7) is 2.26. The van der Waals surface area contributed by atoms with E-state index in [0.29, 0.717) is 5.69 Å². The molecule has 0 spiro atoms. The van der Waals surface area contributed by atoms with E-state index in [2.05, 4.69) is 10.3 Å². The number of nitrogens with zero attached hydrogens (tertiary/aromatic N) is 1. The van der Waals surface area contributed by atoms with Gasteiger partial charge in [0.05, 0.1) is 26.6 Å². The van der Waals surface area contributed by atoms with Crippen LogP contribution in [0.2, 0.25) is 0 Å². The Morgan fingerprint density at radius 2 is 2.05 bits per heavy atom. The average molecular weight is 299 g/mol. The van der Waals surface area contributed by atoms with E-state index in [1.165, 1.54) is 0 Å². The zero-order valence-electron chi connectivity index (χ0n) is 11.3. The SMILES string of the molecule is Cc1nc2cc(Nc3ccc4c(c3)OCO4)c(N)cc2s1. The van der Waals surface area contributed by atoms with Crippen LogP contribution in [0.25, 0.3) is 10.2 Å². The number of thiazole rings is 1. The highest BCUT2D eigenvalue weighted by Gasteiger charge is 2.14. The van der Waals surface area contributed by atoms with Crippen molar-refractivity contribution in [1.82, 2.24) is 4.98 Å². The Balaban J connectivity index is 1.71. The van der Waals surface area contributed by atoms with Crippen molar-refractivity contribution < 1.29 is 9.47 Å². The number of hydrogen-bond acceptors (Lipinski definition) is 6. The number of ether oxygens (including phenoxy) is 2. The van der Waals surface area contributed by atoms with E-state index in [1.807, 2.05) is 37.3 Å². The minimum absolute atomic E-state index is 0.269. The van der Waals surface area contributed by atoms with Crippen LogP contribution in [0, 0.1) is 6.92 Å². The largest absolute Gasteiger partial charge is 0.454 e. The van der Waals surface area contributed by atoms with Crippen LogP contribution in [0.1, 0.15) is 5.01 Å². The van der Waals surface area contributed by atoms with Crippen molar-refractivity contribution in [2.75, 3.05) is 17.8 Å². The second-order valence-electron chi connectivity index (χ2n) is 4.83. The van der Waals surface area contributed by atoms with E-state index in [0.717, 1.165) is 38.1 Å². The molecule has 2 heterocycles. The first kappa shape index (κ1) is 12.3. The van der Waals surface area contributed by atoms with Gasteiger partial charge in [-0.3, -0.25) is 0 Å². The first-order valence-electron chi connectivity index (χ1n) is 6.52. The van der Waals surface area contributed by atoms with Crippen LogP contribution < -0.4 is 20.5 Å². The average Bonchev–Trinajstić information content (AvgIpc) is 3.04. The highest BCUT2D eigenvalue weighted by Crippen LogP contribution is 2.37. The van der Waals surface area contributed by atoms with Crippen molar-refractivity contribution in [3.8, 4) is 11.5 Å². The molecule has 0 radical (unpaired) electrons. The smallest absolute Gasteiger partial charge is 0.231 e. The maximum absolute atomic E-state index is 6.12. The van der Waals surface area contributed by atoms with Crippen molar-refractivity contribution >= 4 is 38.6 Å². The minimum Gasteiger partial charge on any atom is -0.454 e. The Hall–Kier alpha value is -2.47. The molecule has 0 saturated carbocycles. The van der Waals surface area contributed by atoms with Crippen LogP contribution in [0.4, 0.5) is 17.1 Å². The number of nitrogens with two attached hydrogens (primary N) is 1. The normalized spacial score (nSPS) is 12.8. The predicted octanol–water partition coefficient (Wildman–Crippen LogP) is 3.66. The Bertz CT molecular complexity index is 844. The molecule has 6 heteroatoms. The molecule has 5 nitrogen and oxygen atoms in total. The molecular weight excluding hydrogens is 286 g/mol. The van der Waals surface area contributed by atoms with Crippen molar-refractivity contribution in [2.24, 2.45) is 0 Å². The van der Waals surface area contributed by atoms with Gasteiger partial charge in [0.2, 0.25) is 6.79 Å². The van der Waals surface area contributed by atoms with Crippen LogP contribution in [0.15, 0.2) is 30.3 Å². The lowest BCUT2D eigenvalue weighted by molar-refractivity contribution is 0.174. The third-order valence-corrected chi connectivity index (χ3v) is 4.25. The van der Waals surface area contributed by atoms with E-state index < -0.39 is 0 Å². The predicted molar refractivity (Wildman–Crippen MR) is 84.6 cm³/mol. The third kappa shape index (κ3) is 2.13. The lowest BCUT2D eigenvalue weighted by Crippen LogP contribution is -1.96. The van der Waals surface area contributed by atoms with E-state index >= 15 is 0 Å². The number of fused-ring (bicyclic) bond motifs is 2. The van der Waals surface area contributed by atoms with Crippen LogP contribution >= 0.6 is 11.3 Å².